The Morgan fingerprint density at radius 1 is 1.16 bits per heavy atom. The first-order valence-corrected chi connectivity index (χ1v) is 7.66. The van der Waals surface area contributed by atoms with E-state index in [-0.39, 0.29) is 0 Å². The van der Waals surface area contributed by atoms with Gasteiger partial charge in [-0.05, 0) is 37.3 Å². The van der Waals surface area contributed by atoms with Crippen molar-refractivity contribution >= 4 is 37.5 Å². The minimum atomic E-state index is 0.684. The highest BCUT2D eigenvalue weighted by Crippen LogP contribution is 2.32. The second kappa shape index (κ2) is 5.31. The highest BCUT2D eigenvalue weighted by atomic mass is 79.9. The molecule has 0 fully saturated rings. The maximum atomic E-state index is 5.52. The van der Waals surface area contributed by atoms with Crippen LogP contribution in [0.5, 0.6) is 5.75 Å². The number of fused-ring (bicyclic) bond motifs is 1. The molecule has 0 saturated carbocycles. The number of thiazole rings is 1. The number of halogens is 1. The van der Waals surface area contributed by atoms with E-state index in [4.69, 9.17) is 4.74 Å². The first-order chi connectivity index (χ1) is 9.26. The molecule has 2 aromatic carbocycles. The molecule has 3 aromatic rings. The van der Waals surface area contributed by atoms with Crippen LogP contribution in [0, 0.1) is 0 Å². The lowest BCUT2D eigenvalue weighted by molar-refractivity contribution is 0.341. The molecule has 0 aliphatic rings. The molecule has 4 heteroatoms. The summed E-state index contributed by atoms with van der Waals surface area (Å²) in [6, 6.07) is 14.3. The molecule has 0 bridgehead atoms. The maximum Gasteiger partial charge on any atom is 0.124 e. The highest BCUT2D eigenvalue weighted by Gasteiger charge is 2.07. The Bertz CT molecular complexity index is 706. The second-order valence-corrected chi connectivity index (χ2v) is 6.03. The number of aromatic nitrogens is 1. The molecule has 0 unspecified atom stereocenters. The molecular formula is C15H12BrNOS. The van der Waals surface area contributed by atoms with Crippen LogP contribution in [-0.2, 0) is 0 Å². The third kappa shape index (κ3) is 2.65. The fourth-order valence-electron chi connectivity index (χ4n) is 1.88. The largest absolute Gasteiger partial charge is 0.494 e. The van der Waals surface area contributed by atoms with Crippen molar-refractivity contribution in [1.82, 2.24) is 4.98 Å². The monoisotopic (exact) mass is 333 g/mol. The van der Waals surface area contributed by atoms with E-state index in [9.17, 15) is 0 Å². The van der Waals surface area contributed by atoms with Crippen molar-refractivity contribution in [3.8, 4) is 16.3 Å². The van der Waals surface area contributed by atoms with Crippen molar-refractivity contribution in [2.75, 3.05) is 6.61 Å². The van der Waals surface area contributed by atoms with Gasteiger partial charge in [-0.2, -0.15) is 0 Å². The lowest BCUT2D eigenvalue weighted by Gasteiger charge is -2.00. The van der Waals surface area contributed by atoms with Gasteiger partial charge in [0.15, 0.2) is 0 Å². The molecule has 96 valence electrons. The normalized spacial score (nSPS) is 10.8. The Morgan fingerprint density at radius 3 is 2.68 bits per heavy atom. The average molecular weight is 334 g/mol. The second-order valence-electron chi connectivity index (χ2n) is 4.09. The summed E-state index contributed by atoms with van der Waals surface area (Å²) in [7, 11) is 0. The first-order valence-electron chi connectivity index (χ1n) is 6.05. The topological polar surface area (TPSA) is 22.1 Å². The molecule has 0 saturated heterocycles. The van der Waals surface area contributed by atoms with E-state index in [0.29, 0.717) is 6.61 Å². The standard InChI is InChI=1S/C15H12BrNOS/c1-2-18-12-7-8-13-14(9-12)19-15(17-13)10-3-5-11(16)6-4-10/h3-9H,2H2,1H3. The third-order valence-electron chi connectivity index (χ3n) is 2.76. The van der Waals surface area contributed by atoms with Crippen LogP contribution < -0.4 is 4.74 Å². The maximum absolute atomic E-state index is 5.52. The van der Waals surface area contributed by atoms with E-state index in [1.54, 1.807) is 11.3 Å². The van der Waals surface area contributed by atoms with Crippen LogP contribution in [0.4, 0.5) is 0 Å². The van der Waals surface area contributed by atoms with Crippen LogP contribution in [0.3, 0.4) is 0 Å². The van der Waals surface area contributed by atoms with Gasteiger partial charge < -0.3 is 4.74 Å². The summed E-state index contributed by atoms with van der Waals surface area (Å²) >= 11 is 5.14. The number of nitrogens with zero attached hydrogens (tertiary/aromatic N) is 1. The van der Waals surface area contributed by atoms with Crippen LogP contribution >= 0.6 is 27.3 Å². The molecular weight excluding hydrogens is 322 g/mol. The van der Waals surface area contributed by atoms with Crippen molar-refractivity contribution in [2.45, 2.75) is 6.92 Å². The summed E-state index contributed by atoms with van der Waals surface area (Å²) in [5.41, 5.74) is 2.16. The fraction of sp³-hybridized carbons (Fsp3) is 0.133. The minimum Gasteiger partial charge on any atom is -0.494 e. The third-order valence-corrected chi connectivity index (χ3v) is 4.36. The smallest absolute Gasteiger partial charge is 0.124 e. The Kier molecular flexibility index (Phi) is 3.53. The Morgan fingerprint density at radius 2 is 1.95 bits per heavy atom. The van der Waals surface area contributed by atoms with E-state index in [0.717, 1.165) is 31.0 Å². The average Bonchev–Trinajstić information content (AvgIpc) is 2.83. The van der Waals surface area contributed by atoms with Crippen LogP contribution in [0.2, 0.25) is 0 Å². The van der Waals surface area contributed by atoms with Crippen LogP contribution in [0.15, 0.2) is 46.9 Å². The summed E-state index contributed by atoms with van der Waals surface area (Å²) in [6.45, 7) is 2.67. The molecule has 1 aromatic heterocycles. The summed E-state index contributed by atoms with van der Waals surface area (Å²) in [5.74, 6) is 0.904. The molecule has 0 aliphatic carbocycles. The van der Waals surface area contributed by atoms with Crippen LogP contribution in [0.25, 0.3) is 20.8 Å². The van der Waals surface area contributed by atoms with E-state index in [1.165, 1.54) is 0 Å². The summed E-state index contributed by atoms with van der Waals surface area (Å²) in [5, 5.41) is 1.04. The Balaban J connectivity index is 2.03. The first kappa shape index (κ1) is 12.6. The quantitative estimate of drug-likeness (QED) is 0.663. The van der Waals surface area contributed by atoms with Crippen molar-refractivity contribution in [3.05, 3.63) is 46.9 Å². The predicted octanol–water partition coefficient (Wildman–Crippen LogP) is 5.12. The highest BCUT2D eigenvalue weighted by molar-refractivity contribution is 9.10. The van der Waals surface area contributed by atoms with Gasteiger partial charge in [-0.15, -0.1) is 11.3 Å². The molecule has 0 radical (unpaired) electrons. The molecule has 0 atom stereocenters. The zero-order valence-electron chi connectivity index (χ0n) is 10.4. The lowest BCUT2D eigenvalue weighted by Crippen LogP contribution is -1.89. The van der Waals surface area contributed by atoms with Gasteiger partial charge in [0.05, 0.1) is 16.8 Å². The summed E-state index contributed by atoms with van der Waals surface area (Å²) in [4.78, 5) is 4.66. The number of rotatable bonds is 3. The molecule has 0 amide bonds. The zero-order chi connectivity index (χ0) is 13.2. The fourth-order valence-corrected chi connectivity index (χ4v) is 3.14. The lowest BCUT2D eigenvalue weighted by atomic mass is 10.2. The number of hydrogen-bond donors (Lipinski definition) is 0. The molecule has 0 spiro atoms. The van der Waals surface area contributed by atoms with E-state index >= 15 is 0 Å². The van der Waals surface area contributed by atoms with Crippen molar-refractivity contribution in [1.29, 1.82) is 0 Å². The van der Waals surface area contributed by atoms with Crippen LogP contribution in [0.1, 0.15) is 6.92 Å². The van der Waals surface area contributed by atoms with Gasteiger partial charge in [0.1, 0.15) is 10.8 Å². The summed E-state index contributed by atoms with van der Waals surface area (Å²) < 4.78 is 7.75. The molecule has 3 rings (SSSR count). The Labute approximate surface area is 124 Å². The van der Waals surface area contributed by atoms with Gasteiger partial charge in [0.25, 0.3) is 0 Å². The SMILES string of the molecule is CCOc1ccc2nc(-c3ccc(Br)cc3)sc2c1. The van der Waals surface area contributed by atoms with Crippen LogP contribution in [-0.4, -0.2) is 11.6 Å². The summed E-state index contributed by atoms with van der Waals surface area (Å²) in [6.07, 6.45) is 0. The van der Waals surface area contributed by atoms with Crippen molar-refractivity contribution < 1.29 is 4.74 Å². The number of ether oxygens (including phenoxy) is 1. The van der Waals surface area contributed by atoms with Gasteiger partial charge in [-0.1, -0.05) is 28.1 Å². The van der Waals surface area contributed by atoms with Gasteiger partial charge in [0, 0.05) is 10.0 Å². The van der Waals surface area contributed by atoms with Crippen molar-refractivity contribution in [3.63, 3.8) is 0 Å². The molecule has 1 heterocycles. The number of hydrogen-bond acceptors (Lipinski definition) is 3. The van der Waals surface area contributed by atoms with E-state index in [1.807, 2.05) is 31.2 Å². The van der Waals surface area contributed by atoms with Gasteiger partial charge in [-0.3, -0.25) is 0 Å². The van der Waals surface area contributed by atoms with Gasteiger partial charge >= 0.3 is 0 Å². The van der Waals surface area contributed by atoms with Crippen molar-refractivity contribution in [2.24, 2.45) is 0 Å². The Hall–Kier alpha value is -1.39. The van der Waals surface area contributed by atoms with E-state index < -0.39 is 0 Å². The molecule has 0 aliphatic heterocycles. The van der Waals surface area contributed by atoms with Gasteiger partial charge in [0.2, 0.25) is 0 Å². The molecule has 19 heavy (non-hydrogen) atoms. The minimum absolute atomic E-state index is 0.684. The van der Waals surface area contributed by atoms with Gasteiger partial charge in [-0.25, -0.2) is 4.98 Å². The zero-order valence-corrected chi connectivity index (χ0v) is 12.8. The molecule has 0 N–H and O–H groups in total. The number of benzene rings is 2. The predicted molar refractivity (Wildman–Crippen MR) is 83.9 cm³/mol. The van der Waals surface area contributed by atoms with E-state index in [2.05, 4.69) is 39.1 Å². The molecule has 2 nitrogen and oxygen atoms in total.